The zero-order valence-electron chi connectivity index (χ0n) is 24.0. The number of carbonyl (C=O) groups excluding carboxylic acids is 1. The van der Waals surface area contributed by atoms with Gasteiger partial charge in [0.15, 0.2) is 23.3 Å². The van der Waals surface area contributed by atoms with E-state index in [4.69, 9.17) is 14.6 Å². The maximum atomic E-state index is 15.5. The van der Waals surface area contributed by atoms with Crippen LogP contribution in [-0.4, -0.2) is 43.7 Å². The largest absolute Gasteiger partial charge is 0.490 e. The number of carboxylic acids is 1. The van der Waals surface area contributed by atoms with E-state index in [9.17, 15) is 14.7 Å². The van der Waals surface area contributed by atoms with Gasteiger partial charge in [-0.15, -0.1) is 0 Å². The van der Waals surface area contributed by atoms with Crippen molar-refractivity contribution in [1.29, 1.82) is 0 Å². The van der Waals surface area contributed by atoms with E-state index in [2.05, 4.69) is 4.98 Å². The lowest BCUT2D eigenvalue weighted by Crippen LogP contribution is -2.29. The summed E-state index contributed by atoms with van der Waals surface area (Å²) in [6, 6.07) is 12.6. The first-order valence-electron chi connectivity index (χ1n) is 13.7. The van der Waals surface area contributed by atoms with Crippen LogP contribution in [0.3, 0.4) is 0 Å². The Morgan fingerprint density at radius 2 is 1.88 bits per heavy atom. The van der Waals surface area contributed by atoms with Crippen LogP contribution >= 0.6 is 0 Å². The summed E-state index contributed by atoms with van der Waals surface area (Å²) in [5.41, 5.74) is 4.08. The van der Waals surface area contributed by atoms with Crippen molar-refractivity contribution in [3.8, 4) is 17.0 Å². The third-order valence-electron chi connectivity index (χ3n) is 7.15. The first-order chi connectivity index (χ1) is 19.4. The molecule has 41 heavy (non-hydrogen) atoms. The zero-order valence-corrected chi connectivity index (χ0v) is 24.0. The van der Waals surface area contributed by atoms with Crippen molar-refractivity contribution in [2.75, 3.05) is 6.61 Å². The van der Waals surface area contributed by atoms with E-state index in [-0.39, 0.29) is 29.9 Å². The summed E-state index contributed by atoms with van der Waals surface area (Å²) in [7, 11) is 0. The summed E-state index contributed by atoms with van der Waals surface area (Å²) in [5, 5.41) is 15.0. The number of aliphatic carboxylic acids is 1. The van der Waals surface area contributed by atoms with Gasteiger partial charge in [0.25, 0.3) is 0 Å². The van der Waals surface area contributed by atoms with Crippen LogP contribution in [0, 0.1) is 19.7 Å². The van der Waals surface area contributed by atoms with Crippen LogP contribution in [0.15, 0.2) is 42.5 Å². The van der Waals surface area contributed by atoms with Crippen LogP contribution in [0.2, 0.25) is 0 Å². The number of fused-ring (bicyclic) bond motifs is 2. The van der Waals surface area contributed by atoms with E-state index < -0.39 is 23.5 Å². The minimum absolute atomic E-state index is 0.0225. The van der Waals surface area contributed by atoms with Crippen LogP contribution in [0.25, 0.3) is 16.9 Å². The number of aromatic nitrogens is 3. The van der Waals surface area contributed by atoms with Crippen molar-refractivity contribution in [3.05, 3.63) is 81.9 Å². The number of Topliss-reactive ketones (excluding diaryl/α,β-unsaturated/α-hetero) is 1. The Kier molecular flexibility index (Phi) is 7.66. The summed E-state index contributed by atoms with van der Waals surface area (Å²) < 4.78 is 28.7. The number of ether oxygens (including phenoxy) is 2. The molecule has 4 aromatic rings. The Labute approximate surface area is 238 Å². The fourth-order valence-electron chi connectivity index (χ4n) is 5.42. The SMILES string of the molecule is Cc1nc2cc(CC(=O)Cc3ccccc3)nn2c(-c2cc(F)c3c(c2C)CCCO3)c1[C@H](OC(C)(C)C)C(=O)O. The van der Waals surface area contributed by atoms with Crippen LogP contribution < -0.4 is 4.74 Å². The Morgan fingerprint density at radius 3 is 2.56 bits per heavy atom. The number of rotatable bonds is 8. The maximum Gasteiger partial charge on any atom is 0.337 e. The highest BCUT2D eigenvalue weighted by molar-refractivity contribution is 5.84. The van der Waals surface area contributed by atoms with Crippen LogP contribution in [-0.2, 0) is 33.6 Å². The molecular weight excluding hydrogens is 525 g/mol. The van der Waals surface area contributed by atoms with Gasteiger partial charge in [-0.3, -0.25) is 4.79 Å². The van der Waals surface area contributed by atoms with Gasteiger partial charge >= 0.3 is 5.97 Å². The molecule has 0 saturated heterocycles. The number of hydrogen-bond acceptors (Lipinski definition) is 6. The smallest absolute Gasteiger partial charge is 0.337 e. The quantitative estimate of drug-likeness (QED) is 0.292. The van der Waals surface area contributed by atoms with Gasteiger partial charge in [0, 0.05) is 34.9 Å². The second kappa shape index (κ2) is 11.0. The van der Waals surface area contributed by atoms with Crippen molar-refractivity contribution in [1.82, 2.24) is 14.6 Å². The monoisotopic (exact) mass is 559 g/mol. The van der Waals surface area contributed by atoms with E-state index in [0.717, 1.165) is 23.1 Å². The van der Waals surface area contributed by atoms with Gasteiger partial charge in [-0.2, -0.15) is 5.10 Å². The highest BCUT2D eigenvalue weighted by atomic mass is 19.1. The Balaban J connectivity index is 1.71. The molecule has 2 aromatic carbocycles. The second-order valence-electron chi connectivity index (χ2n) is 11.5. The molecule has 0 amide bonds. The molecule has 0 fully saturated rings. The van der Waals surface area contributed by atoms with Gasteiger partial charge in [-0.1, -0.05) is 30.3 Å². The third-order valence-corrected chi connectivity index (χ3v) is 7.15. The van der Waals surface area contributed by atoms with Gasteiger partial charge in [0.1, 0.15) is 5.78 Å². The molecule has 9 heteroatoms. The molecular formula is C32H34FN3O5. The number of carboxylic acid groups (broad SMARTS) is 1. The van der Waals surface area contributed by atoms with Crippen LogP contribution in [0.4, 0.5) is 4.39 Å². The summed E-state index contributed by atoms with van der Waals surface area (Å²) in [5.74, 6) is -1.52. The highest BCUT2D eigenvalue weighted by Gasteiger charge is 2.34. The summed E-state index contributed by atoms with van der Waals surface area (Å²) in [4.78, 5) is 30.2. The molecule has 0 radical (unpaired) electrons. The van der Waals surface area contributed by atoms with Crippen LogP contribution in [0.5, 0.6) is 5.75 Å². The van der Waals surface area contributed by atoms with Crippen molar-refractivity contribution in [3.63, 3.8) is 0 Å². The number of benzene rings is 2. The zero-order chi connectivity index (χ0) is 29.5. The molecule has 0 spiro atoms. The standard InChI is InChI=1S/C32H34FN3O5/c1-18-23-12-9-13-40-29(23)25(33)17-24(18)28-27(30(31(38)39)41-32(3,4)5)19(2)34-26-16-21(35-36(26)28)15-22(37)14-20-10-7-6-8-11-20/h6-8,10-11,16-17,30H,9,12-15H2,1-5H3,(H,38,39)/t30-/m0/s1. The van der Waals surface area contributed by atoms with Gasteiger partial charge in [-0.05, 0) is 64.7 Å². The fourth-order valence-corrected chi connectivity index (χ4v) is 5.42. The topological polar surface area (TPSA) is 103 Å². The van der Waals surface area contributed by atoms with E-state index >= 15 is 4.39 Å². The highest BCUT2D eigenvalue weighted by Crippen LogP contribution is 2.41. The van der Waals surface area contributed by atoms with E-state index in [1.165, 1.54) is 10.6 Å². The summed E-state index contributed by atoms with van der Waals surface area (Å²) >= 11 is 0. The lowest BCUT2D eigenvalue weighted by Gasteiger charge is -2.28. The molecule has 5 rings (SSSR count). The molecule has 214 valence electrons. The predicted molar refractivity (Wildman–Crippen MR) is 152 cm³/mol. The van der Waals surface area contributed by atoms with Gasteiger partial charge in [0.05, 0.1) is 30.0 Å². The average molecular weight is 560 g/mol. The number of halogens is 1. The van der Waals surface area contributed by atoms with E-state index in [0.29, 0.717) is 41.3 Å². The first kappa shape index (κ1) is 28.4. The molecule has 0 unspecified atom stereocenters. The minimum atomic E-state index is -1.40. The number of hydrogen-bond donors (Lipinski definition) is 1. The molecule has 1 atom stereocenters. The van der Waals surface area contributed by atoms with E-state index in [1.807, 2.05) is 37.3 Å². The van der Waals surface area contributed by atoms with Crippen molar-refractivity contribution in [2.24, 2.45) is 0 Å². The normalized spacial score (nSPS) is 14.0. The number of nitrogens with zero attached hydrogens (tertiary/aromatic N) is 3. The molecule has 8 nitrogen and oxygen atoms in total. The predicted octanol–water partition coefficient (Wildman–Crippen LogP) is 5.77. The number of ketones is 1. The fraction of sp³-hybridized carbons (Fsp3) is 0.375. The van der Waals surface area contributed by atoms with Crippen molar-refractivity contribution in [2.45, 2.75) is 72.0 Å². The van der Waals surface area contributed by atoms with Crippen LogP contribution in [0.1, 0.15) is 66.9 Å². The average Bonchev–Trinajstić information content (AvgIpc) is 3.30. The molecule has 0 saturated carbocycles. The first-order valence-corrected chi connectivity index (χ1v) is 13.7. The maximum absolute atomic E-state index is 15.5. The van der Waals surface area contributed by atoms with E-state index in [1.54, 1.807) is 33.8 Å². The van der Waals surface area contributed by atoms with Gasteiger partial charge < -0.3 is 14.6 Å². The molecule has 1 aliphatic rings. The lowest BCUT2D eigenvalue weighted by atomic mass is 9.91. The number of carbonyl (C=O) groups is 2. The van der Waals surface area contributed by atoms with Gasteiger partial charge in [0.2, 0.25) is 0 Å². The molecule has 3 heterocycles. The summed E-state index contributed by atoms with van der Waals surface area (Å²) in [6.45, 7) is 9.34. The second-order valence-corrected chi connectivity index (χ2v) is 11.5. The molecule has 1 N–H and O–H groups in total. The van der Waals surface area contributed by atoms with Crippen molar-refractivity contribution < 1.29 is 28.6 Å². The molecule has 1 aliphatic heterocycles. The Morgan fingerprint density at radius 1 is 1.15 bits per heavy atom. The molecule has 2 aromatic heterocycles. The molecule has 0 aliphatic carbocycles. The Bertz CT molecular complexity index is 1640. The lowest BCUT2D eigenvalue weighted by molar-refractivity contribution is -0.160. The van der Waals surface area contributed by atoms with Gasteiger partial charge in [-0.25, -0.2) is 18.7 Å². The minimum Gasteiger partial charge on any atom is -0.490 e. The molecule has 0 bridgehead atoms. The van der Waals surface area contributed by atoms with Crippen molar-refractivity contribution >= 4 is 17.4 Å². The number of aryl methyl sites for hydroxylation is 1. The third kappa shape index (κ3) is 5.86. The Hall–Kier alpha value is -4.11. The summed E-state index contributed by atoms with van der Waals surface area (Å²) in [6.07, 6.45) is 0.305.